The number of benzene rings is 2. The molecule has 0 radical (unpaired) electrons. The van der Waals surface area contributed by atoms with Crippen LogP contribution >= 0.6 is 0 Å². The highest BCUT2D eigenvalue weighted by Gasteiger charge is 2.14. The number of fused-ring (bicyclic) bond motifs is 2. The Morgan fingerprint density at radius 2 is 0.811 bits per heavy atom. The van der Waals surface area contributed by atoms with Crippen LogP contribution in [0.5, 0.6) is 23.0 Å². The van der Waals surface area contributed by atoms with Crippen LogP contribution in [0.15, 0.2) is 48.6 Å². The zero-order valence-electron chi connectivity index (χ0n) is 21.3. The van der Waals surface area contributed by atoms with E-state index in [1.165, 1.54) is 0 Å². The Hall–Kier alpha value is -2.82. The molecular weight excluding hydrogens is 480 g/mol. The maximum absolute atomic E-state index is 10.4. The molecule has 0 saturated heterocycles. The molecule has 1 aliphatic heterocycles. The number of rotatable bonds is 0. The van der Waals surface area contributed by atoms with Crippen LogP contribution in [-0.4, -0.2) is 89.5 Å². The normalized spacial score (nSPS) is 18.5. The van der Waals surface area contributed by atoms with Crippen LogP contribution in [0.3, 0.4) is 0 Å². The van der Waals surface area contributed by atoms with E-state index in [4.69, 9.17) is 33.2 Å². The summed E-state index contributed by atoms with van der Waals surface area (Å²) in [4.78, 5) is 0. The minimum atomic E-state index is 0.0635. The second-order valence-corrected chi connectivity index (χ2v) is 8.39. The molecule has 2 aromatic carbocycles. The third kappa shape index (κ3) is 10.6. The van der Waals surface area contributed by atoms with Crippen molar-refractivity contribution in [1.82, 2.24) is 0 Å². The van der Waals surface area contributed by atoms with Crippen LogP contribution in [0.4, 0.5) is 0 Å². The molecular formula is C28H38O9. The van der Waals surface area contributed by atoms with Crippen LogP contribution in [0, 0.1) is 0 Å². The van der Waals surface area contributed by atoms with Gasteiger partial charge in [0.1, 0.15) is 13.2 Å². The molecule has 9 heteroatoms. The van der Waals surface area contributed by atoms with E-state index in [0.29, 0.717) is 90.4 Å². The monoisotopic (exact) mass is 518 g/mol. The summed E-state index contributed by atoms with van der Waals surface area (Å²) in [6.07, 6.45) is 0.970. The quantitative estimate of drug-likeness (QED) is 0.508. The number of phenols is 2. The SMILES string of the molecule is C=C1Cc2cccc(O)c2OCCOCCOCCOCCOCCOCCOc2c(O)cccc2C1. The van der Waals surface area contributed by atoms with Crippen molar-refractivity contribution in [3.8, 4) is 23.0 Å². The largest absolute Gasteiger partial charge is 0.504 e. The van der Waals surface area contributed by atoms with E-state index in [2.05, 4.69) is 6.58 Å². The predicted octanol–water partition coefficient (Wildman–Crippen LogP) is 3.29. The van der Waals surface area contributed by atoms with Gasteiger partial charge in [0.2, 0.25) is 0 Å². The van der Waals surface area contributed by atoms with Crippen molar-refractivity contribution in [1.29, 1.82) is 0 Å². The first-order valence-corrected chi connectivity index (χ1v) is 12.6. The van der Waals surface area contributed by atoms with Gasteiger partial charge in [0.25, 0.3) is 0 Å². The summed E-state index contributed by atoms with van der Waals surface area (Å²) in [6.45, 7) is 9.21. The zero-order valence-corrected chi connectivity index (χ0v) is 21.3. The van der Waals surface area contributed by atoms with Crippen LogP contribution in [0.2, 0.25) is 0 Å². The average Bonchev–Trinajstić information content (AvgIpc) is 2.87. The molecule has 3 rings (SSSR count). The molecule has 0 spiro atoms. The van der Waals surface area contributed by atoms with E-state index in [0.717, 1.165) is 16.7 Å². The average molecular weight is 519 g/mol. The van der Waals surface area contributed by atoms with E-state index < -0.39 is 0 Å². The number of aromatic hydroxyl groups is 2. The lowest BCUT2D eigenvalue weighted by Gasteiger charge is -2.16. The summed E-state index contributed by atoms with van der Waals surface area (Å²) in [7, 11) is 0. The predicted molar refractivity (Wildman–Crippen MR) is 138 cm³/mol. The molecule has 0 atom stereocenters. The molecule has 2 aromatic rings. The van der Waals surface area contributed by atoms with Crippen molar-refractivity contribution in [3.05, 3.63) is 59.7 Å². The first kappa shape index (κ1) is 28.7. The van der Waals surface area contributed by atoms with Gasteiger partial charge < -0.3 is 43.4 Å². The molecule has 0 fully saturated rings. The van der Waals surface area contributed by atoms with Crippen molar-refractivity contribution in [3.63, 3.8) is 0 Å². The Labute approximate surface area is 218 Å². The Bertz CT molecular complexity index is 874. The van der Waals surface area contributed by atoms with Crippen molar-refractivity contribution in [2.24, 2.45) is 0 Å². The van der Waals surface area contributed by atoms with E-state index in [-0.39, 0.29) is 24.7 Å². The van der Waals surface area contributed by atoms with E-state index in [1.807, 2.05) is 12.1 Å². The van der Waals surface area contributed by atoms with Gasteiger partial charge in [-0.2, -0.15) is 0 Å². The Morgan fingerprint density at radius 1 is 0.486 bits per heavy atom. The molecule has 0 amide bonds. The molecule has 0 unspecified atom stereocenters. The minimum Gasteiger partial charge on any atom is -0.504 e. The lowest BCUT2D eigenvalue weighted by atomic mass is 9.98. The maximum atomic E-state index is 10.4. The number of ether oxygens (including phenoxy) is 7. The molecule has 0 bridgehead atoms. The van der Waals surface area contributed by atoms with Gasteiger partial charge in [0, 0.05) is 11.1 Å². The second kappa shape index (κ2) is 16.8. The third-order valence-corrected chi connectivity index (χ3v) is 5.47. The molecule has 1 aliphatic rings. The Kier molecular flexibility index (Phi) is 13.1. The highest BCUT2D eigenvalue weighted by atomic mass is 16.6. The minimum absolute atomic E-state index is 0.0635. The second-order valence-electron chi connectivity index (χ2n) is 8.39. The van der Waals surface area contributed by atoms with Crippen LogP contribution < -0.4 is 9.47 Å². The summed E-state index contributed by atoms with van der Waals surface area (Å²) < 4.78 is 39.3. The Morgan fingerprint density at radius 3 is 1.16 bits per heavy atom. The van der Waals surface area contributed by atoms with Gasteiger partial charge in [-0.1, -0.05) is 36.4 Å². The van der Waals surface area contributed by atoms with Crippen molar-refractivity contribution < 1.29 is 43.4 Å². The number of allylic oxidation sites excluding steroid dienone is 1. The summed E-state index contributed by atoms with van der Waals surface area (Å²) in [5.41, 5.74) is 2.50. The van der Waals surface area contributed by atoms with Gasteiger partial charge >= 0.3 is 0 Å². The summed E-state index contributed by atoms with van der Waals surface area (Å²) >= 11 is 0. The standard InChI is InChI=1S/C28H38O9/c1-22-20-23-4-2-6-25(29)27(23)36-18-16-34-14-12-32-10-8-31-9-11-33-13-15-35-17-19-37-28-24(21-22)5-3-7-26(28)30/h2-7,29-30H,1,8-21H2. The molecule has 37 heavy (non-hydrogen) atoms. The smallest absolute Gasteiger partial charge is 0.164 e. The first-order chi connectivity index (χ1) is 18.1. The van der Waals surface area contributed by atoms with Gasteiger partial charge in [-0.05, 0) is 25.0 Å². The first-order valence-electron chi connectivity index (χ1n) is 12.6. The fraction of sp³-hybridized carbons (Fsp3) is 0.500. The lowest BCUT2D eigenvalue weighted by molar-refractivity contribution is -0.0142. The van der Waals surface area contributed by atoms with Gasteiger partial charge in [-0.15, -0.1) is 0 Å². The third-order valence-electron chi connectivity index (χ3n) is 5.47. The van der Waals surface area contributed by atoms with E-state index in [1.54, 1.807) is 24.3 Å². The summed E-state index contributed by atoms with van der Waals surface area (Å²) in [6, 6.07) is 10.5. The van der Waals surface area contributed by atoms with E-state index in [9.17, 15) is 10.2 Å². The number of hydrogen-bond acceptors (Lipinski definition) is 9. The fourth-order valence-corrected chi connectivity index (χ4v) is 3.74. The van der Waals surface area contributed by atoms with Gasteiger partial charge in [0.15, 0.2) is 23.0 Å². The molecule has 2 N–H and O–H groups in total. The van der Waals surface area contributed by atoms with E-state index >= 15 is 0 Å². The Balaban J connectivity index is 1.62. The van der Waals surface area contributed by atoms with Crippen LogP contribution in [-0.2, 0) is 36.5 Å². The molecule has 0 aliphatic carbocycles. The molecule has 1 heterocycles. The van der Waals surface area contributed by atoms with Crippen molar-refractivity contribution >= 4 is 0 Å². The van der Waals surface area contributed by atoms with Gasteiger partial charge in [0.05, 0.1) is 66.1 Å². The highest BCUT2D eigenvalue weighted by molar-refractivity contribution is 5.49. The van der Waals surface area contributed by atoms with Crippen molar-refractivity contribution in [2.75, 3.05) is 79.3 Å². The van der Waals surface area contributed by atoms with Crippen molar-refractivity contribution in [2.45, 2.75) is 12.8 Å². The number of phenolic OH excluding ortho intramolecular Hbond substituents is 2. The zero-order chi connectivity index (χ0) is 26.1. The number of para-hydroxylation sites is 2. The van der Waals surface area contributed by atoms with Crippen LogP contribution in [0.1, 0.15) is 11.1 Å². The lowest BCUT2D eigenvalue weighted by Crippen LogP contribution is -2.15. The van der Waals surface area contributed by atoms with Gasteiger partial charge in [-0.3, -0.25) is 0 Å². The molecule has 9 nitrogen and oxygen atoms in total. The topological polar surface area (TPSA) is 105 Å². The summed E-state index contributed by atoms with van der Waals surface area (Å²) in [5.74, 6) is 0.952. The maximum Gasteiger partial charge on any atom is 0.164 e. The molecule has 0 saturated carbocycles. The molecule has 204 valence electrons. The van der Waals surface area contributed by atoms with Gasteiger partial charge in [-0.25, -0.2) is 0 Å². The molecule has 0 aromatic heterocycles. The summed E-state index contributed by atoms with van der Waals surface area (Å²) in [5, 5.41) is 20.8. The fourth-order valence-electron chi connectivity index (χ4n) is 3.74. The van der Waals surface area contributed by atoms with Crippen LogP contribution in [0.25, 0.3) is 0 Å². The number of hydrogen-bond donors (Lipinski definition) is 2. The highest BCUT2D eigenvalue weighted by Crippen LogP contribution is 2.34.